The van der Waals surface area contributed by atoms with Crippen LogP contribution in [0.1, 0.15) is 90.2 Å². The number of fused-ring (bicyclic) bond motifs is 2. The van der Waals surface area contributed by atoms with Gasteiger partial charge < -0.3 is 64.8 Å². The number of carbonyl (C=O) groups excluding carboxylic acids is 2. The van der Waals surface area contributed by atoms with Crippen molar-refractivity contribution in [3.63, 3.8) is 0 Å². The largest absolute Gasteiger partial charge is 0.479 e. The quantitative estimate of drug-likeness (QED) is 0.0506. The van der Waals surface area contributed by atoms with E-state index in [0.717, 1.165) is 52.2 Å². The van der Waals surface area contributed by atoms with Crippen molar-refractivity contribution in [2.24, 2.45) is 0 Å². The molecule has 2 aromatic rings. The van der Waals surface area contributed by atoms with E-state index in [-0.39, 0.29) is 23.3 Å². The predicted molar refractivity (Wildman–Crippen MR) is 258 cm³/mol. The number of carbonyl (C=O) groups is 3. The summed E-state index contributed by atoms with van der Waals surface area (Å²) in [6.45, 7) is 10.7. The second kappa shape index (κ2) is 23.9. The summed E-state index contributed by atoms with van der Waals surface area (Å²) >= 11 is 0. The number of benzene rings is 2. The van der Waals surface area contributed by atoms with E-state index in [4.69, 9.17) is 23.7 Å². The third-order valence-corrected chi connectivity index (χ3v) is 13.9. The van der Waals surface area contributed by atoms with Gasteiger partial charge in [0.15, 0.2) is 30.5 Å². The Balaban J connectivity index is 0.892. The lowest BCUT2D eigenvalue weighted by Crippen LogP contribution is -2.66. The van der Waals surface area contributed by atoms with Crippen molar-refractivity contribution in [1.82, 2.24) is 10.6 Å². The van der Waals surface area contributed by atoms with Crippen molar-refractivity contribution >= 4 is 34.9 Å². The molecule has 2 amide bonds. The molecule has 4 heterocycles. The number of hydrogen-bond donors (Lipinski definition) is 7. The summed E-state index contributed by atoms with van der Waals surface area (Å²) in [5.41, 5.74) is 7.38. The molecule has 378 valence electrons. The lowest BCUT2D eigenvalue weighted by atomic mass is 9.81. The normalized spacial score (nSPS) is 28.9. The molecule has 0 aromatic heterocycles. The Hall–Kier alpha value is -4.82. The minimum atomic E-state index is -1.84. The number of allylic oxidation sites excluding steroid dienone is 6. The molecule has 2 aromatic carbocycles. The lowest BCUT2D eigenvalue weighted by Gasteiger charge is -2.45. The molecule has 0 aliphatic carbocycles. The number of methoxy groups -OCH3 is 2. The van der Waals surface area contributed by atoms with Crippen LogP contribution in [0.25, 0.3) is 0 Å². The smallest absolute Gasteiger partial charge is 0.335 e. The average molecular weight is 962 g/mol. The molecule has 10 unspecified atom stereocenters. The third kappa shape index (κ3) is 12.0. The van der Waals surface area contributed by atoms with E-state index in [2.05, 4.69) is 134 Å². The van der Waals surface area contributed by atoms with E-state index in [9.17, 15) is 39.9 Å². The summed E-state index contributed by atoms with van der Waals surface area (Å²) in [5, 5.41) is 57.9. The SMILES string of the molecule is COC1OC(C(=O)NCCCCCCNC(=O)CCCCCN2/C(=C/C=C/C=C/C3=[N+](C)c4ccccc4C3(C)C)C(C)(C)c3ccccc32)C(OC2OC(C(=O)O)C(OC)C(O)C2O)C(O)C1O. The van der Waals surface area contributed by atoms with Crippen LogP contribution in [0.2, 0.25) is 0 Å². The Morgan fingerprint density at radius 2 is 1.33 bits per heavy atom. The van der Waals surface area contributed by atoms with E-state index in [1.165, 1.54) is 41.0 Å². The van der Waals surface area contributed by atoms with Crippen LogP contribution in [-0.4, -0.2) is 156 Å². The number of carboxylic acid groups (broad SMARTS) is 1. The number of nitrogens with one attached hydrogen (secondary N) is 2. The average Bonchev–Trinajstić information content (AvgIpc) is 3.66. The summed E-state index contributed by atoms with van der Waals surface area (Å²) in [4.78, 5) is 40.3. The Labute approximate surface area is 405 Å². The molecular weight excluding hydrogens is 889 g/mol. The fraction of sp³-hybridized carbons (Fsp3) is 0.577. The van der Waals surface area contributed by atoms with Gasteiger partial charge in [-0.05, 0) is 57.2 Å². The van der Waals surface area contributed by atoms with Crippen LogP contribution in [0, 0.1) is 0 Å². The van der Waals surface area contributed by atoms with Crippen LogP contribution < -0.4 is 15.5 Å². The van der Waals surface area contributed by atoms with Crippen molar-refractivity contribution in [1.29, 1.82) is 0 Å². The highest BCUT2D eigenvalue weighted by Gasteiger charge is 2.54. The maximum absolute atomic E-state index is 13.3. The van der Waals surface area contributed by atoms with Crippen LogP contribution in [0.5, 0.6) is 0 Å². The van der Waals surface area contributed by atoms with Gasteiger partial charge in [0.2, 0.25) is 11.6 Å². The van der Waals surface area contributed by atoms with E-state index < -0.39 is 73.3 Å². The highest BCUT2D eigenvalue weighted by Crippen LogP contribution is 2.48. The first kappa shape index (κ1) is 53.5. The number of carboxylic acids is 1. The molecule has 4 aliphatic rings. The zero-order valence-corrected chi connectivity index (χ0v) is 41.0. The van der Waals surface area contributed by atoms with Crippen LogP contribution >= 0.6 is 0 Å². The molecule has 2 fully saturated rings. The Morgan fingerprint density at radius 3 is 2.01 bits per heavy atom. The van der Waals surface area contributed by atoms with E-state index in [0.29, 0.717) is 19.4 Å². The van der Waals surface area contributed by atoms with Crippen molar-refractivity contribution in [2.45, 2.75) is 151 Å². The number of anilines is 1. The summed E-state index contributed by atoms with van der Waals surface area (Å²) in [5.74, 6) is -2.21. The molecule has 17 nitrogen and oxygen atoms in total. The van der Waals surface area contributed by atoms with E-state index in [1.54, 1.807) is 0 Å². The molecule has 6 rings (SSSR count). The number of aliphatic carboxylic acids is 1. The molecular formula is C52H73N4O13+. The number of nitrogens with zero attached hydrogens (tertiary/aromatic N) is 2. The fourth-order valence-electron chi connectivity index (χ4n) is 9.97. The minimum Gasteiger partial charge on any atom is -0.479 e. The maximum Gasteiger partial charge on any atom is 0.335 e. The number of amides is 2. The summed E-state index contributed by atoms with van der Waals surface area (Å²) in [6, 6.07) is 17.2. The van der Waals surface area contributed by atoms with E-state index in [1.807, 2.05) is 0 Å². The monoisotopic (exact) mass is 962 g/mol. The zero-order chi connectivity index (χ0) is 50.0. The van der Waals surface area contributed by atoms with Gasteiger partial charge in [0, 0.05) is 74.8 Å². The molecule has 0 radical (unpaired) electrons. The van der Waals surface area contributed by atoms with Gasteiger partial charge >= 0.3 is 5.97 Å². The van der Waals surface area contributed by atoms with Gasteiger partial charge in [0.05, 0.1) is 5.41 Å². The molecule has 10 atom stereocenters. The van der Waals surface area contributed by atoms with Crippen molar-refractivity contribution in [3.05, 3.63) is 95.7 Å². The van der Waals surface area contributed by atoms with Crippen LogP contribution in [0.15, 0.2) is 84.6 Å². The number of hydrogen-bond acceptors (Lipinski definition) is 13. The van der Waals surface area contributed by atoms with Crippen molar-refractivity contribution < 1.29 is 68.2 Å². The molecule has 0 spiro atoms. The second-order valence-electron chi connectivity index (χ2n) is 19.2. The number of ether oxygens (including phenoxy) is 5. The number of aliphatic hydroxyl groups excluding tert-OH is 4. The minimum absolute atomic E-state index is 0.0199. The first-order chi connectivity index (χ1) is 32.9. The van der Waals surface area contributed by atoms with Gasteiger partial charge in [-0.1, -0.05) is 87.7 Å². The number of unbranched alkanes of at least 4 members (excludes halogenated alkanes) is 5. The Bertz CT molecular complexity index is 2220. The molecule has 2 saturated heterocycles. The van der Waals surface area contributed by atoms with Crippen molar-refractivity contribution in [3.8, 4) is 0 Å². The Morgan fingerprint density at radius 1 is 0.710 bits per heavy atom. The van der Waals surface area contributed by atoms with Crippen LogP contribution in [0.4, 0.5) is 11.4 Å². The van der Waals surface area contributed by atoms with Gasteiger partial charge in [0.1, 0.15) is 43.7 Å². The van der Waals surface area contributed by atoms with Crippen molar-refractivity contribution in [2.75, 3.05) is 45.8 Å². The molecule has 0 saturated carbocycles. The van der Waals surface area contributed by atoms with Gasteiger partial charge in [-0.2, -0.15) is 4.58 Å². The van der Waals surface area contributed by atoms with E-state index >= 15 is 0 Å². The van der Waals surface area contributed by atoms with Gasteiger partial charge in [0.25, 0.3) is 5.91 Å². The number of aliphatic hydroxyl groups is 4. The predicted octanol–water partition coefficient (Wildman–Crippen LogP) is 3.86. The summed E-state index contributed by atoms with van der Waals surface area (Å²) in [6.07, 6.45) is 0.0630. The molecule has 0 bridgehead atoms. The molecule has 7 N–H and O–H groups in total. The zero-order valence-electron chi connectivity index (χ0n) is 41.0. The highest BCUT2D eigenvalue weighted by molar-refractivity contribution is 6.03. The van der Waals surface area contributed by atoms with Gasteiger partial charge in [-0.3, -0.25) is 9.59 Å². The highest BCUT2D eigenvalue weighted by atomic mass is 16.7. The maximum atomic E-state index is 13.3. The van der Waals surface area contributed by atoms with Crippen LogP contribution in [0.3, 0.4) is 0 Å². The van der Waals surface area contributed by atoms with Gasteiger partial charge in [-0.15, -0.1) is 0 Å². The summed E-state index contributed by atoms with van der Waals surface area (Å²) < 4.78 is 29.0. The molecule has 4 aliphatic heterocycles. The summed E-state index contributed by atoms with van der Waals surface area (Å²) in [7, 11) is 4.48. The standard InChI is InChI=1S/C52H72N4O13/c1-51(2)32-22-15-17-24-34(32)55(5)36(51)26-12-10-13-27-37-52(3,4)33-23-16-18-25-35(33)56(37)31-21-11-14-28-38(57)53-29-19-8-9-20-30-54-47(62)45-44(40(59)41(60)49(66-7)68-45)67-50-42(61)39(58)43(65-6)46(69-50)48(63)64/h10,12-13,15-18,22-27,39-46,49-50,58-61H,8-9,11,14,19-21,28-31H2,1-7H3,(H2-,53,54,57,62,63,64)/p+1. The first-order valence-electron chi connectivity index (χ1n) is 24.1. The first-order valence-corrected chi connectivity index (χ1v) is 24.1. The molecule has 17 heteroatoms. The number of rotatable bonds is 22. The Kier molecular flexibility index (Phi) is 18.5. The van der Waals surface area contributed by atoms with Crippen LogP contribution in [-0.2, 0) is 48.9 Å². The van der Waals surface area contributed by atoms with Gasteiger partial charge in [-0.25, -0.2) is 4.79 Å². The third-order valence-electron chi connectivity index (χ3n) is 13.9. The lowest BCUT2D eigenvalue weighted by molar-refractivity contribution is -0.401. The fourth-order valence-corrected chi connectivity index (χ4v) is 9.97. The second-order valence-corrected chi connectivity index (χ2v) is 19.2. The number of para-hydroxylation sites is 2. The topological polar surface area (TPSA) is 229 Å². The molecule has 69 heavy (non-hydrogen) atoms.